The summed E-state index contributed by atoms with van der Waals surface area (Å²) in [7, 11) is 0. The van der Waals surface area contributed by atoms with Crippen molar-refractivity contribution in [2.24, 2.45) is 0 Å². The summed E-state index contributed by atoms with van der Waals surface area (Å²) in [5.74, 6) is 0. The molecule has 1 heterocycles. The van der Waals surface area contributed by atoms with Crippen LogP contribution in [0.3, 0.4) is 0 Å². The Bertz CT molecular complexity index is 1520. The zero-order valence-electron chi connectivity index (χ0n) is 19.7. The molecule has 0 aliphatic heterocycles. The summed E-state index contributed by atoms with van der Waals surface area (Å²) in [6.45, 7) is 0. The van der Waals surface area contributed by atoms with Gasteiger partial charge in [-0.15, -0.1) is 0 Å². The van der Waals surface area contributed by atoms with E-state index in [1.165, 1.54) is 0 Å². The molecule has 0 radical (unpaired) electrons. The highest BCUT2D eigenvalue weighted by Gasteiger charge is 2.39. The Labute approximate surface area is 210 Å². The minimum Gasteiger partial charge on any atom is -0.312 e. The SMILES string of the molecule is O=Cc1ccc(-c2ccc3ncn(C(c4ccccc4)(c4ccccc4)c4ccccc4)c3c2)cc1. The average Bonchev–Trinajstić information content (AvgIpc) is 3.39. The predicted molar refractivity (Wildman–Crippen MR) is 145 cm³/mol. The molecular weight excluding hydrogens is 440 g/mol. The molecule has 6 rings (SSSR count). The quantitative estimate of drug-likeness (QED) is 0.191. The Morgan fingerprint density at radius 1 is 0.583 bits per heavy atom. The Morgan fingerprint density at radius 3 is 1.58 bits per heavy atom. The van der Waals surface area contributed by atoms with Gasteiger partial charge in [0.2, 0.25) is 0 Å². The second-order valence-corrected chi connectivity index (χ2v) is 8.87. The average molecular weight is 465 g/mol. The molecule has 0 spiro atoms. The van der Waals surface area contributed by atoms with Gasteiger partial charge in [-0.05, 0) is 39.9 Å². The highest BCUT2D eigenvalue weighted by atomic mass is 16.1. The van der Waals surface area contributed by atoms with Gasteiger partial charge in [0.15, 0.2) is 0 Å². The zero-order chi connectivity index (χ0) is 24.4. The molecule has 1 aromatic heterocycles. The Morgan fingerprint density at radius 2 is 1.08 bits per heavy atom. The van der Waals surface area contributed by atoms with Crippen LogP contribution in [0.5, 0.6) is 0 Å². The van der Waals surface area contributed by atoms with Gasteiger partial charge in [0.05, 0.1) is 17.4 Å². The van der Waals surface area contributed by atoms with Crippen molar-refractivity contribution in [1.29, 1.82) is 0 Å². The molecule has 0 saturated carbocycles. The molecule has 3 heteroatoms. The first-order valence-electron chi connectivity index (χ1n) is 12.0. The molecular formula is C33H24N2O. The lowest BCUT2D eigenvalue weighted by molar-refractivity contribution is 0.112. The molecule has 0 unspecified atom stereocenters. The number of benzene rings is 5. The second-order valence-electron chi connectivity index (χ2n) is 8.87. The summed E-state index contributed by atoms with van der Waals surface area (Å²) in [6.07, 6.45) is 2.83. The molecule has 0 amide bonds. The highest BCUT2D eigenvalue weighted by Crippen LogP contribution is 2.42. The lowest BCUT2D eigenvalue weighted by atomic mass is 9.76. The topological polar surface area (TPSA) is 34.9 Å². The van der Waals surface area contributed by atoms with Crippen molar-refractivity contribution in [2.45, 2.75) is 5.54 Å². The van der Waals surface area contributed by atoms with Crippen LogP contribution in [-0.2, 0) is 5.54 Å². The Balaban J connectivity index is 1.68. The van der Waals surface area contributed by atoms with Crippen LogP contribution in [0.25, 0.3) is 22.2 Å². The van der Waals surface area contributed by atoms with Crippen molar-refractivity contribution >= 4 is 17.3 Å². The normalized spacial score (nSPS) is 11.4. The van der Waals surface area contributed by atoms with Gasteiger partial charge in [0.1, 0.15) is 11.8 Å². The fourth-order valence-electron chi connectivity index (χ4n) is 5.16. The number of fused-ring (bicyclic) bond motifs is 1. The van der Waals surface area contributed by atoms with Crippen molar-refractivity contribution in [2.75, 3.05) is 0 Å². The third-order valence-electron chi connectivity index (χ3n) is 6.86. The molecule has 0 atom stereocenters. The first kappa shape index (κ1) is 21.8. The summed E-state index contributed by atoms with van der Waals surface area (Å²) in [4.78, 5) is 16.0. The van der Waals surface area contributed by atoms with E-state index in [9.17, 15) is 4.79 Å². The first-order valence-corrected chi connectivity index (χ1v) is 12.0. The van der Waals surface area contributed by atoms with Crippen LogP contribution < -0.4 is 0 Å². The number of hydrogen-bond donors (Lipinski definition) is 0. The van der Waals surface area contributed by atoms with Gasteiger partial charge in [-0.1, -0.05) is 121 Å². The van der Waals surface area contributed by atoms with Gasteiger partial charge in [-0.2, -0.15) is 0 Å². The molecule has 36 heavy (non-hydrogen) atoms. The third kappa shape index (κ3) is 3.53. The molecule has 0 saturated heterocycles. The summed E-state index contributed by atoms with van der Waals surface area (Å²) in [5, 5.41) is 0. The first-order chi connectivity index (χ1) is 17.8. The number of hydrogen-bond acceptors (Lipinski definition) is 2. The Kier molecular flexibility index (Phi) is 5.51. The predicted octanol–water partition coefficient (Wildman–Crippen LogP) is 7.36. The van der Waals surface area contributed by atoms with E-state index in [0.717, 1.165) is 45.1 Å². The van der Waals surface area contributed by atoms with Crippen molar-refractivity contribution in [1.82, 2.24) is 9.55 Å². The monoisotopic (exact) mass is 464 g/mol. The van der Waals surface area contributed by atoms with Crippen LogP contribution in [0.4, 0.5) is 0 Å². The largest absolute Gasteiger partial charge is 0.312 e. The van der Waals surface area contributed by atoms with Crippen LogP contribution in [0.1, 0.15) is 27.0 Å². The standard InChI is InChI=1S/C33H24N2O/c36-23-25-16-18-26(19-17-25)27-20-21-31-32(22-27)35(24-34-31)33(28-10-4-1-5-11-28,29-12-6-2-7-13-29)30-14-8-3-9-15-30/h1-24H. The van der Waals surface area contributed by atoms with E-state index in [0.29, 0.717) is 5.56 Å². The number of carbonyl (C=O) groups excluding carboxylic acids is 1. The Hall–Kier alpha value is -4.76. The molecule has 5 aromatic carbocycles. The van der Waals surface area contributed by atoms with Gasteiger partial charge in [0, 0.05) is 5.56 Å². The summed E-state index contributed by atoms with van der Waals surface area (Å²) >= 11 is 0. The van der Waals surface area contributed by atoms with Gasteiger partial charge in [-0.25, -0.2) is 4.98 Å². The van der Waals surface area contributed by atoms with Gasteiger partial charge < -0.3 is 4.57 Å². The smallest absolute Gasteiger partial charge is 0.150 e. The molecule has 0 N–H and O–H groups in total. The lowest BCUT2D eigenvalue weighted by Crippen LogP contribution is -2.37. The van der Waals surface area contributed by atoms with Crippen LogP contribution in [-0.4, -0.2) is 15.8 Å². The van der Waals surface area contributed by atoms with E-state index in [4.69, 9.17) is 4.98 Å². The molecule has 0 fully saturated rings. The maximum Gasteiger partial charge on any atom is 0.150 e. The minimum atomic E-state index is -0.626. The summed E-state index contributed by atoms with van der Waals surface area (Å²) in [6, 6.07) is 45.9. The van der Waals surface area contributed by atoms with Crippen LogP contribution in [0.2, 0.25) is 0 Å². The highest BCUT2D eigenvalue weighted by molar-refractivity contribution is 5.84. The van der Waals surface area contributed by atoms with E-state index in [2.05, 4.69) is 114 Å². The van der Waals surface area contributed by atoms with Gasteiger partial charge >= 0.3 is 0 Å². The fourth-order valence-corrected chi connectivity index (χ4v) is 5.16. The number of nitrogens with zero attached hydrogens (tertiary/aromatic N) is 2. The van der Waals surface area contributed by atoms with E-state index >= 15 is 0 Å². The van der Waals surface area contributed by atoms with E-state index in [1.54, 1.807) is 0 Å². The molecule has 6 aromatic rings. The van der Waals surface area contributed by atoms with Crippen LogP contribution in [0, 0.1) is 0 Å². The molecule has 3 nitrogen and oxygen atoms in total. The third-order valence-corrected chi connectivity index (χ3v) is 6.86. The molecule has 172 valence electrons. The van der Waals surface area contributed by atoms with Crippen molar-refractivity contribution in [3.63, 3.8) is 0 Å². The van der Waals surface area contributed by atoms with Crippen LogP contribution >= 0.6 is 0 Å². The van der Waals surface area contributed by atoms with E-state index in [1.807, 2.05) is 30.6 Å². The van der Waals surface area contributed by atoms with Crippen molar-refractivity contribution in [3.05, 3.63) is 162 Å². The van der Waals surface area contributed by atoms with Crippen molar-refractivity contribution < 1.29 is 4.79 Å². The maximum atomic E-state index is 11.1. The number of aldehydes is 1. The fraction of sp³-hybridized carbons (Fsp3) is 0.0303. The number of rotatable bonds is 6. The van der Waals surface area contributed by atoms with E-state index in [-0.39, 0.29) is 0 Å². The second kappa shape index (κ2) is 9.12. The lowest BCUT2D eigenvalue weighted by Gasteiger charge is -2.38. The van der Waals surface area contributed by atoms with E-state index < -0.39 is 5.54 Å². The maximum absolute atomic E-state index is 11.1. The van der Waals surface area contributed by atoms with Gasteiger partial charge in [-0.3, -0.25) is 4.79 Å². The van der Waals surface area contributed by atoms with Gasteiger partial charge in [0.25, 0.3) is 0 Å². The molecule has 0 aliphatic rings. The minimum absolute atomic E-state index is 0.626. The summed E-state index contributed by atoms with van der Waals surface area (Å²) in [5.41, 5.74) is 7.59. The molecule has 0 aliphatic carbocycles. The number of aromatic nitrogens is 2. The van der Waals surface area contributed by atoms with Crippen molar-refractivity contribution in [3.8, 4) is 11.1 Å². The molecule has 0 bridgehead atoms. The number of carbonyl (C=O) groups is 1. The summed E-state index contributed by atoms with van der Waals surface area (Å²) < 4.78 is 2.30. The number of imidazole rings is 1. The van der Waals surface area contributed by atoms with Crippen LogP contribution in [0.15, 0.2) is 140 Å². The zero-order valence-corrected chi connectivity index (χ0v) is 19.7.